The summed E-state index contributed by atoms with van der Waals surface area (Å²) in [5.41, 5.74) is 2.37. The van der Waals surface area contributed by atoms with Crippen molar-refractivity contribution in [2.45, 2.75) is 160 Å². The van der Waals surface area contributed by atoms with E-state index in [2.05, 4.69) is 15.6 Å². The molecule has 0 radical (unpaired) electrons. The van der Waals surface area contributed by atoms with Gasteiger partial charge in [0.05, 0.1) is 30.0 Å². The Morgan fingerprint density at radius 1 is 1.11 bits per heavy atom. The molecule has 13 atom stereocenters. The molecule has 5 rings (SSSR count). The third kappa shape index (κ3) is 12.1. The molecule has 16 nitrogen and oxygen atoms in total. The molecule has 19 heteroatoms. The number of fused-ring (bicyclic) bond motifs is 1. The minimum absolute atomic E-state index is 0.115. The molecule has 356 valence electrons. The van der Waals surface area contributed by atoms with E-state index in [-0.39, 0.29) is 36.6 Å². The molecule has 3 aliphatic rings. The number of esters is 1. The number of hydrogen-bond donors (Lipinski definition) is 3. The number of aliphatic hydroxyl groups is 1. The Hall–Kier alpha value is -3.46. The van der Waals surface area contributed by atoms with E-state index in [0.717, 1.165) is 12.5 Å². The van der Waals surface area contributed by atoms with Crippen molar-refractivity contribution < 1.29 is 51.5 Å². The Balaban J connectivity index is 0.00000282. The number of rotatable bonds is 11. The van der Waals surface area contributed by atoms with Crippen molar-refractivity contribution >= 4 is 35.7 Å². The summed E-state index contributed by atoms with van der Waals surface area (Å²) in [4.78, 5) is 45.6. The van der Waals surface area contributed by atoms with Crippen molar-refractivity contribution in [1.29, 1.82) is 0 Å². The number of hydrogen-bond acceptors (Lipinski definition) is 15. The molecular weight excluding hydrogens is 841 g/mol. The number of aromatic nitrogens is 3. The summed E-state index contributed by atoms with van der Waals surface area (Å²) in [6.07, 6.45) is 0.113. The topological polar surface area (TPSA) is 193 Å². The second-order valence-electron chi connectivity index (χ2n) is 18.2. The highest BCUT2D eigenvalue weighted by atomic mass is 32.2. The summed E-state index contributed by atoms with van der Waals surface area (Å²) >= 11 is 0.250. The maximum Gasteiger partial charge on any atom is 0.410 e. The third-order valence-corrected chi connectivity index (χ3v) is 12.8. The third-order valence-electron chi connectivity index (χ3n) is 12.8. The first-order chi connectivity index (χ1) is 29.6. The molecule has 0 bridgehead atoms. The van der Waals surface area contributed by atoms with Crippen LogP contribution in [0.2, 0.25) is 0 Å². The van der Waals surface area contributed by atoms with E-state index in [0.29, 0.717) is 56.7 Å². The van der Waals surface area contributed by atoms with Gasteiger partial charge in [-0.25, -0.2) is 14.0 Å². The van der Waals surface area contributed by atoms with Gasteiger partial charge in [-0.05, 0) is 105 Å². The van der Waals surface area contributed by atoms with Gasteiger partial charge in [0.2, 0.25) is 0 Å². The van der Waals surface area contributed by atoms with Crippen LogP contribution in [0.5, 0.6) is 0 Å². The fraction of sp³-hybridized carbons (Fsp3) is 0.750. The van der Waals surface area contributed by atoms with Crippen LogP contribution in [0.1, 0.15) is 87.5 Å². The van der Waals surface area contributed by atoms with E-state index in [4.69, 9.17) is 29.4 Å². The first-order valence-electron chi connectivity index (χ1n) is 21.9. The van der Waals surface area contributed by atoms with Crippen LogP contribution in [-0.4, -0.2) is 154 Å². The maximum atomic E-state index is 17.0. The number of unbranched alkanes of at least 4 members (excludes halogenated alkanes) is 1. The van der Waals surface area contributed by atoms with E-state index in [1.807, 2.05) is 64.2 Å². The zero-order valence-electron chi connectivity index (χ0n) is 39.0. The van der Waals surface area contributed by atoms with Crippen LogP contribution in [0.3, 0.4) is 0 Å². The van der Waals surface area contributed by atoms with Gasteiger partial charge in [-0.1, -0.05) is 38.1 Å². The number of aliphatic hydroxyl groups excluding tert-OH is 1. The average Bonchev–Trinajstić information content (AvgIpc) is 3.81. The van der Waals surface area contributed by atoms with Crippen molar-refractivity contribution in [3.8, 4) is 11.3 Å². The standard InChI is InChI=1S/C43H68FN7O9.CH3FS/c1-12-33-43(8)35(51(40(55)60-43)19-14-13-18-50-24-31(47-48-50)29-16-15-17-30(45)21-29)28(5)46-23-25(2)22-41(6,56-11)37(27(4)36(53)42(7,44)39(54)58-33)59-38-34(52)32(49(9)10)20-26(3)57-38;1-3-2/h15-17,21,24-28,32-35,37-38,46,52H,12-14,18-20,22-23,45H2,1-11H3;1H3/t25-,26?,27-,28-,32?,33-,34?,35-,37-,38+,41-,42?,43-;/m1./s1. The lowest BCUT2D eigenvalue weighted by Crippen LogP contribution is -2.61. The summed E-state index contributed by atoms with van der Waals surface area (Å²) < 4.78 is 59.8. The monoisotopic (exact) mass is 912 g/mol. The fourth-order valence-electron chi connectivity index (χ4n) is 9.46. The van der Waals surface area contributed by atoms with E-state index in [1.165, 1.54) is 20.3 Å². The quantitative estimate of drug-likeness (QED) is 0.109. The molecule has 0 saturated carbocycles. The minimum atomic E-state index is -3.13. The number of ketones is 1. The molecule has 63 heavy (non-hydrogen) atoms. The summed E-state index contributed by atoms with van der Waals surface area (Å²) in [7, 11) is 5.20. The second kappa shape index (κ2) is 22.2. The van der Waals surface area contributed by atoms with Gasteiger partial charge in [0.25, 0.3) is 5.67 Å². The number of halogens is 2. The molecule has 1 amide bonds. The number of aryl methyl sites for hydroxylation is 1. The number of methoxy groups -OCH3 is 1. The van der Waals surface area contributed by atoms with Crippen LogP contribution in [0.4, 0.5) is 18.8 Å². The summed E-state index contributed by atoms with van der Waals surface area (Å²) in [6.45, 7) is 14.8. The number of amides is 1. The van der Waals surface area contributed by atoms with Gasteiger partial charge < -0.3 is 44.7 Å². The van der Waals surface area contributed by atoms with Gasteiger partial charge >= 0.3 is 12.1 Å². The number of carbonyl (C=O) groups is 3. The molecule has 0 aliphatic carbocycles. The lowest BCUT2D eigenvalue weighted by atomic mass is 9.78. The first-order valence-corrected chi connectivity index (χ1v) is 23.0. The largest absolute Gasteiger partial charge is 0.455 e. The fourth-order valence-corrected chi connectivity index (χ4v) is 9.46. The Morgan fingerprint density at radius 3 is 2.40 bits per heavy atom. The van der Waals surface area contributed by atoms with Crippen molar-refractivity contribution in [1.82, 2.24) is 30.1 Å². The van der Waals surface area contributed by atoms with Gasteiger partial charge in [-0.3, -0.25) is 14.4 Å². The number of ether oxygens (including phenoxy) is 5. The number of anilines is 1. The number of carbonyl (C=O) groups excluding carboxylic acids is 3. The Labute approximate surface area is 375 Å². The van der Waals surface area contributed by atoms with Crippen molar-refractivity contribution in [3.05, 3.63) is 30.5 Å². The SMILES string of the molecule is CC[C@H]1OC(=O)C(C)(F)C(=O)[C@@H](C)[C@@H](O[C@@H]2OC(C)CC(N(C)C)C2O)[C@](C)(OC)C[C@@H](C)CN[C@H](C)[C@H]2N(CCCCn3cc(-c4cccc(N)c4)nn3)C(=O)O[C@]12C.CSF. The van der Waals surface area contributed by atoms with Crippen LogP contribution >= 0.6 is 12.1 Å². The maximum absolute atomic E-state index is 17.0. The molecular formula is C44H71F2N7O9S. The summed E-state index contributed by atoms with van der Waals surface area (Å²) in [6, 6.07) is 6.06. The summed E-state index contributed by atoms with van der Waals surface area (Å²) in [5.74, 6) is -3.86. The van der Waals surface area contributed by atoms with E-state index >= 15 is 4.39 Å². The molecule has 3 fully saturated rings. The number of Topliss-reactive ketones (excluding diaryl/α,β-unsaturated/α-hetero) is 1. The van der Waals surface area contributed by atoms with Gasteiger partial charge in [0.1, 0.15) is 17.9 Å². The molecule has 1 aromatic carbocycles. The molecule has 3 aliphatic heterocycles. The zero-order valence-corrected chi connectivity index (χ0v) is 39.8. The molecule has 4 unspecified atom stereocenters. The smallest absolute Gasteiger partial charge is 0.410 e. The van der Waals surface area contributed by atoms with Gasteiger partial charge in [-0.15, -0.1) is 5.10 Å². The van der Waals surface area contributed by atoms with E-state index < -0.39 is 77.3 Å². The molecule has 0 spiro atoms. The number of cyclic esters (lactones) is 1. The van der Waals surface area contributed by atoms with Gasteiger partial charge in [-0.2, -0.15) is 3.89 Å². The lowest BCUT2D eigenvalue weighted by Gasteiger charge is -2.47. The number of benzene rings is 1. The molecule has 4 N–H and O–H groups in total. The van der Waals surface area contributed by atoms with E-state index in [1.54, 1.807) is 36.4 Å². The number of likely N-dealkylation sites (N-methyl/N-ethyl adjacent to an activating group) is 1. The Kier molecular flexibility index (Phi) is 18.3. The zero-order chi connectivity index (χ0) is 47.0. The molecule has 1 aromatic heterocycles. The highest BCUT2D eigenvalue weighted by Gasteiger charge is 2.60. The van der Waals surface area contributed by atoms with Crippen LogP contribution in [0, 0.1) is 11.8 Å². The molecule has 2 aromatic rings. The van der Waals surface area contributed by atoms with Crippen LogP contribution in [0.15, 0.2) is 30.5 Å². The number of nitrogen functional groups attached to an aromatic ring is 1. The van der Waals surface area contributed by atoms with Crippen LogP contribution < -0.4 is 11.1 Å². The van der Waals surface area contributed by atoms with Crippen molar-refractivity contribution in [2.75, 3.05) is 46.3 Å². The van der Waals surface area contributed by atoms with Crippen molar-refractivity contribution in [3.63, 3.8) is 0 Å². The predicted octanol–water partition coefficient (Wildman–Crippen LogP) is 5.61. The summed E-state index contributed by atoms with van der Waals surface area (Å²) in [5, 5.41) is 23.6. The second-order valence-corrected chi connectivity index (χ2v) is 18.5. The normalized spacial score (nSPS) is 35.8. The van der Waals surface area contributed by atoms with Gasteiger partial charge in [0.15, 0.2) is 17.7 Å². The highest BCUT2D eigenvalue weighted by molar-refractivity contribution is 7.93. The number of nitrogens with two attached hydrogens (primary N) is 1. The first kappa shape index (κ1) is 52.2. The molecule has 4 heterocycles. The number of nitrogens with zero attached hydrogens (tertiary/aromatic N) is 5. The van der Waals surface area contributed by atoms with Crippen LogP contribution in [-0.2, 0) is 39.8 Å². The predicted molar refractivity (Wildman–Crippen MR) is 237 cm³/mol. The minimum Gasteiger partial charge on any atom is -0.455 e. The Bertz CT molecular complexity index is 1830. The highest BCUT2D eigenvalue weighted by Crippen LogP contribution is 2.41. The number of alkyl halides is 1. The van der Waals surface area contributed by atoms with E-state index in [9.17, 15) is 23.4 Å². The number of nitrogens with one attached hydrogen (secondary N) is 1. The van der Waals surface area contributed by atoms with Gasteiger partial charge in [0, 0.05) is 67.9 Å². The lowest BCUT2D eigenvalue weighted by molar-refractivity contribution is -0.295. The Morgan fingerprint density at radius 2 is 1.78 bits per heavy atom. The average molecular weight is 912 g/mol. The molecule has 3 saturated heterocycles. The van der Waals surface area contributed by atoms with Crippen molar-refractivity contribution in [2.24, 2.45) is 11.8 Å². The van der Waals surface area contributed by atoms with Crippen LogP contribution in [0.25, 0.3) is 11.3 Å².